The van der Waals surface area contributed by atoms with Gasteiger partial charge in [0, 0.05) is 31.3 Å². The number of carboxylic acids is 1. The second-order valence-electron chi connectivity index (χ2n) is 9.19. The zero-order valence-electron chi connectivity index (χ0n) is 19.0. The lowest BCUT2D eigenvalue weighted by Gasteiger charge is -2.51. The van der Waals surface area contributed by atoms with E-state index in [-0.39, 0.29) is 23.4 Å². The van der Waals surface area contributed by atoms with Gasteiger partial charge < -0.3 is 24.6 Å². The van der Waals surface area contributed by atoms with Crippen LogP contribution < -0.4 is 16.0 Å². The van der Waals surface area contributed by atoms with E-state index < -0.39 is 41.1 Å². The average molecular weight is 552 g/mol. The normalized spacial score (nSPS) is 23.7. The van der Waals surface area contributed by atoms with Crippen LogP contribution in [0.25, 0.3) is 0 Å². The summed E-state index contributed by atoms with van der Waals surface area (Å²) in [6.45, 7) is 2.14. The summed E-state index contributed by atoms with van der Waals surface area (Å²) in [6, 6.07) is 5.61. The van der Waals surface area contributed by atoms with Gasteiger partial charge in [-0.3, -0.25) is 19.1 Å². The van der Waals surface area contributed by atoms with Crippen molar-refractivity contribution in [3.05, 3.63) is 61.3 Å². The number of ether oxygens (including phenoxy) is 2. The van der Waals surface area contributed by atoms with E-state index in [2.05, 4.69) is 20.9 Å². The predicted octanol–water partition coefficient (Wildman–Crippen LogP) is 1.15. The molecular weight excluding hydrogens is 526 g/mol. The lowest BCUT2D eigenvalue weighted by Crippen LogP contribution is -2.59. The Balaban J connectivity index is 1.40. The van der Waals surface area contributed by atoms with Crippen LogP contribution in [0.3, 0.4) is 0 Å². The second-order valence-corrected chi connectivity index (χ2v) is 10.0. The summed E-state index contributed by atoms with van der Waals surface area (Å²) in [7, 11) is 0. The number of hydrogen-bond donors (Lipinski definition) is 3. The molecule has 2 saturated heterocycles. The molecule has 2 atom stereocenters. The molecule has 1 spiro atoms. The fourth-order valence-electron chi connectivity index (χ4n) is 4.79. The van der Waals surface area contributed by atoms with Crippen LogP contribution in [-0.4, -0.2) is 74.0 Å². The van der Waals surface area contributed by atoms with E-state index in [1.807, 2.05) is 0 Å². The van der Waals surface area contributed by atoms with Crippen LogP contribution in [0.1, 0.15) is 42.6 Å². The first kappa shape index (κ1) is 25.1. The number of amides is 1. The first-order valence-electron chi connectivity index (χ1n) is 11.1. The van der Waals surface area contributed by atoms with Gasteiger partial charge in [-0.15, -0.1) is 0 Å². The van der Waals surface area contributed by atoms with Gasteiger partial charge in [-0.25, -0.2) is 9.59 Å². The number of nitrogens with zero attached hydrogens (tertiary/aromatic N) is 2. The van der Waals surface area contributed by atoms with E-state index in [9.17, 15) is 24.3 Å². The quantitative estimate of drug-likeness (QED) is 0.500. The number of carboxylic acid groups (broad SMARTS) is 1. The van der Waals surface area contributed by atoms with Crippen LogP contribution in [0.15, 0.2) is 44.5 Å². The van der Waals surface area contributed by atoms with Gasteiger partial charge in [0.05, 0.1) is 28.3 Å². The highest BCUT2D eigenvalue weighted by Crippen LogP contribution is 2.43. The Labute approximate surface area is 208 Å². The monoisotopic (exact) mass is 551 g/mol. The number of aliphatic carboxylic acids is 1. The van der Waals surface area contributed by atoms with Gasteiger partial charge >= 0.3 is 11.7 Å². The number of piperidine rings is 1. The molecule has 4 rings (SSSR count). The minimum Gasteiger partial charge on any atom is -0.482 e. The SMILES string of the molecule is C[C@]1(O)CC2(CCN(C(=O)c3ccc(OCC(=O)O)cc3)CC2)OC[C@@H]1n1cc(Br)c(=O)[nH]c1=O. The minimum absolute atomic E-state index is 0.0805. The number of hydrogen-bond acceptors (Lipinski definition) is 7. The highest BCUT2D eigenvalue weighted by atomic mass is 79.9. The van der Waals surface area contributed by atoms with Crippen LogP contribution in [0, 0.1) is 0 Å². The molecular formula is C23H26BrN3O8. The van der Waals surface area contributed by atoms with Crippen molar-refractivity contribution in [2.75, 3.05) is 26.3 Å². The molecule has 11 nitrogen and oxygen atoms in total. The molecule has 12 heteroatoms. The number of carbonyl (C=O) groups is 2. The van der Waals surface area contributed by atoms with E-state index in [1.54, 1.807) is 36.1 Å². The number of H-pyrrole nitrogens is 1. The summed E-state index contributed by atoms with van der Waals surface area (Å²) in [5, 5.41) is 20.0. The molecule has 3 heterocycles. The first-order valence-corrected chi connectivity index (χ1v) is 11.9. The Hall–Kier alpha value is -2.96. The molecule has 0 radical (unpaired) electrons. The van der Waals surface area contributed by atoms with Gasteiger partial charge in [0.1, 0.15) is 5.75 Å². The summed E-state index contributed by atoms with van der Waals surface area (Å²) in [6.07, 6.45) is 2.67. The zero-order chi connectivity index (χ0) is 25.4. The number of rotatable bonds is 5. The second kappa shape index (κ2) is 9.59. The molecule has 0 unspecified atom stereocenters. The van der Waals surface area contributed by atoms with Gasteiger partial charge in [0.2, 0.25) is 0 Å². The molecule has 3 N–H and O–H groups in total. The van der Waals surface area contributed by atoms with Crippen LogP contribution in [0.5, 0.6) is 5.75 Å². The van der Waals surface area contributed by atoms with Crippen molar-refractivity contribution in [1.29, 1.82) is 0 Å². The Morgan fingerprint density at radius 3 is 2.49 bits per heavy atom. The average Bonchev–Trinajstić information content (AvgIpc) is 2.80. The highest BCUT2D eigenvalue weighted by Gasteiger charge is 2.50. The third-order valence-corrected chi connectivity index (χ3v) is 7.20. The Morgan fingerprint density at radius 1 is 1.23 bits per heavy atom. The molecule has 1 aromatic carbocycles. The summed E-state index contributed by atoms with van der Waals surface area (Å²) in [5.74, 6) is -0.876. The van der Waals surface area contributed by atoms with E-state index in [1.165, 1.54) is 10.8 Å². The Bertz CT molecular complexity index is 1230. The van der Waals surface area contributed by atoms with Crippen LogP contribution in [0.4, 0.5) is 0 Å². The number of aliphatic hydroxyl groups is 1. The standard InChI is InChI=1S/C23H26BrN3O8/c1-22(33)13-23(35-11-17(22)27-10-16(24)19(30)25-21(27)32)6-8-26(9-7-23)20(31)14-2-4-15(5-3-14)34-12-18(28)29/h2-5,10,17,33H,6-9,11-13H2,1H3,(H,28,29)(H,25,30,32)/t17-,22-/m0/s1. The number of aromatic nitrogens is 2. The van der Waals surface area contributed by atoms with Crippen molar-refractivity contribution in [3.63, 3.8) is 0 Å². The van der Waals surface area contributed by atoms with E-state index in [4.69, 9.17) is 14.6 Å². The number of benzene rings is 1. The Morgan fingerprint density at radius 2 is 1.89 bits per heavy atom. The van der Waals surface area contributed by atoms with Gasteiger partial charge in [-0.2, -0.15) is 0 Å². The lowest BCUT2D eigenvalue weighted by atomic mass is 9.75. The molecule has 2 aliphatic heterocycles. The molecule has 2 aromatic rings. The van der Waals surface area contributed by atoms with E-state index in [0.717, 1.165) is 0 Å². The minimum atomic E-state index is -1.28. The van der Waals surface area contributed by atoms with Crippen LogP contribution in [-0.2, 0) is 9.53 Å². The summed E-state index contributed by atoms with van der Waals surface area (Å²) < 4.78 is 12.8. The van der Waals surface area contributed by atoms with Gasteiger partial charge in [0.25, 0.3) is 11.5 Å². The molecule has 0 bridgehead atoms. The maximum Gasteiger partial charge on any atom is 0.341 e. The first-order chi connectivity index (χ1) is 16.5. The third kappa shape index (κ3) is 5.34. The van der Waals surface area contributed by atoms with Crippen LogP contribution >= 0.6 is 15.9 Å². The fourth-order valence-corrected chi connectivity index (χ4v) is 5.11. The van der Waals surface area contributed by atoms with Gasteiger partial charge in [-0.1, -0.05) is 0 Å². The van der Waals surface area contributed by atoms with Crippen molar-refractivity contribution in [3.8, 4) is 5.75 Å². The predicted molar refractivity (Wildman–Crippen MR) is 127 cm³/mol. The molecule has 35 heavy (non-hydrogen) atoms. The Kier molecular flexibility index (Phi) is 6.89. The van der Waals surface area contributed by atoms with Gasteiger partial charge in [-0.05, 0) is 60.0 Å². The van der Waals surface area contributed by atoms with Crippen molar-refractivity contribution < 1.29 is 29.3 Å². The molecule has 2 fully saturated rings. The largest absolute Gasteiger partial charge is 0.482 e. The molecule has 2 aliphatic rings. The summed E-state index contributed by atoms with van der Waals surface area (Å²) in [4.78, 5) is 51.5. The smallest absolute Gasteiger partial charge is 0.341 e. The third-order valence-electron chi connectivity index (χ3n) is 6.63. The maximum absolute atomic E-state index is 12.9. The van der Waals surface area contributed by atoms with Crippen molar-refractivity contribution >= 4 is 27.8 Å². The number of likely N-dealkylation sites (tertiary alicyclic amines) is 1. The molecule has 188 valence electrons. The molecule has 0 aliphatic carbocycles. The van der Waals surface area contributed by atoms with Crippen molar-refractivity contribution in [2.45, 2.75) is 43.4 Å². The van der Waals surface area contributed by atoms with Gasteiger partial charge in [0.15, 0.2) is 6.61 Å². The fraction of sp³-hybridized carbons (Fsp3) is 0.478. The topological polar surface area (TPSA) is 151 Å². The van der Waals surface area contributed by atoms with Crippen molar-refractivity contribution in [1.82, 2.24) is 14.5 Å². The molecule has 0 saturated carbocycles. The highest BCUT2D eigenvalue weighted by molar-refractivity contribution is 9.10. The summed E-state index contributed by atoms with van der Waals surface area (Å²) in [5.41, 5.74) is -2.61. The summed E-state index contributed by atoms with van der Waals surface area (Å²) >= 11 is 3.12. The van der Waals surface area contributed by atoms with Crippen molar-refractivity contribution in [2.24, 2.45) is 0 Å². The number of aromatic amines is 1. The lowest BCUT2D eigenvalue weighted by molar-refractivity contribution is -0.195. The molecule has 1 amide bonds. The maximum atomic E-state index is 12.9. The zero-order valence-corrected chi connectivity index (χ0v) is 20.6. The molecule has 1 aromatic heterocycles. The number of nitrogens with one attached hydrogen (secondary N) is 1. The van der Waals surface area contributed by atoms with Crippen LogP contribution in [0.2, 0.25) is 0 Å². The van der Waals surface area contributed by atoms with E-state index >= 15 is 0 Å². The number of halogens is 1. The number of carbonyl (C=O) groups excluding carboxylic acids is 1. The van der Waals surface area contributed by atoms with E-state index in [0.29, 0.717) is 37.2 Å².